The summed E-state index contributed by atoms with van der Waals surface area (Å²) >= 11 is 0. The molecule has 1 aliphatic rings. The van der Waals surface area contributed by atoms with Crippen LogP contribution in [0.15, 0.2) is 71.3 Å². The van der Waals surface area contributed by atoms with E-state index in [4.69, 9.17) is 9.15 Å². The number of likely N-dealkylation sites (tertiary alicyclic amines) is 1. The predicted molar refractivity (Wildman–Crippen MR) is 135 cm³/mol. The Balaban J connectivity index is 1.44. The fourth-order valence-corrected chi connectivity index (χ4v) is 4.40. The Labute approximate surface area is 210 Å². The Bertz CT molecular complexity index is 1180. The molecule has 0 radical (unpaired) electrons. The van der Waals surface area contributed by atoms with Gasteiger partial charge in [-0.25, -0.2) is 0 Å². The van der Waals surface area contributed by atoms with Gasteiger partial charge in [0.2, 0.25) is 5.91 Å². The molecule has 1 aliphatic heterocycles. The summed E-state index contributed by atoms with van der Waals surface area (Å²) in [5.74, 6) is 0.487. The third-order valence-electron chi connectivity index (χ3n) is 6.51. The van der Waals surface area contributed by atoms with Gasteiger partial charge in [-0.3, -0.25) is 14.4 Å². The number of ether oxygens (including phenoxy) is 1. The molecule has 2 heterocycles. The van der Waals surface area contributed by atoms with Gasteiger partial charge in [-0.15, -0.1) is 0 Å². The molecule has 3 aromatic rings. The molecule has 36 heavy (non-hydrogen) atoms. The third kappa shape index (κ3) is 6.13. The molecule has 1 saturated heterocycles. The maximum absolute atomic E-state index is 13.2. The van der Waals surface area contributed by atoms with Gasteiger partial charge in [0.25, 0.3) is 11.8 Å². The SMILES string of the molecule is COc1cccc(C(=O)N2CCC([C@@H](NC(=O)c3ccc(C)cc3)C(=O)NCc3ccco3)CC2)c1. The molecule has 8 heteroatoms. The van der Waals surface area contributed by atoms with E-state index in [1.165, 1.54) is 0 Å². The summed E-state index contributed by atoms with van der Waals surface area (Å²) < 4.78 is 10.5. The van der Waals surface area contributed by atoms with Crippen LogP contribution in [0.2, 0.25) is 0 Å². The molecular formula is C28H31N3O5. The van der Waals surface area contributed by atoms with Gasteiger partial charge in [0, 0.05) is 24.2 Å². The van der Waals surface area contributed by atoms with Crippen LogP contribution in [0.4, 0.5) is 0 Å². The van der Waals surface area contributed by atoms with Gasteiger partial charge in [0.1, 0.15) is 17.6 Å². The highest BCUT2D eigenvalue weighted by Crippen LogP contribution is 2.24. The molecule has 0 bridgehead atoms. The highest BCUT2D eigenvalue weighted by Gasteiger charge is 2.34. The van der Waals surface area contributed by atoms with E-state index in [-0.39, 0.29) is 30.2 Å². The van der Waals surface area contributed by atoms with Gasteiger partial charge in [-0.1, -0.05) is 23.8 Å². The van der Waals surface area contributed by atoms with Crippen LogP contribution >= 0.6 is 0 Å². The average molecular weight is 490 g/mol. The second-order valence-corrected chi connectivity index (χ2v) is 8.98. The Kier molecular flexibility index (Phi) is 8.05. The summed E-state index contributed by atoms with van der Waals surface area (Å²) in [5, 5.41) is 5.82. The van der Waals surface area contributed by atoms with Crippen LogP contribution < -0.4 is 15.4 Å². The number of nitrogens with zero attached hydrogens (tertiary/aromatic N) is 1. The van der Waals surface area contributed by atoms with Gasteiger partial charge in [-0.2, -0.15) is 0 Å². The zero-order chi connectivity index (χ0) is 25.5. The Morgan fingerprint density at radius 1 is 1.03 bits per heavy atom. The largest absolute Gasteiger partial charge is 0.497 e. The molecule has 0 saturated carbocycles. The minimum Gasteiger partial charge on any atom is -0.497 e. The zero-order valence-electron chi connectivity index (χ0n) is 20.5. The number of carbonyl (C=O) groups is 3. The van der Waals surface area contributed by atoms with Crippen molar-refractivity contribution >= 4 is 17.7 Å². The van der Waals surface area contributed by atoms with Crippen molar-refractivity contribution < 1.29 is 23.5 Å². The van der Waals surface area contributed by atoms with Crippen molar-refractivity contribution in [2.45, 2.75) is 32.4 Å². The number of benzene rings is 2. The molecule has 1 atom stereocenters. The smallest absolute Gasteiger partial charge is 0.253 e. The molecule has 188 valence electrons. The quantitative estimate of drug-likeness (QED) is 0.504. The lowest BCUT2D eigenvalue weighted by Gasteiger charge is -2.36. The summed E-state index contributed by atoms with van der Waals surface area (Å²) in [6, 6.07) is 17.1. The van der Waals surface area contributed by atoms with Crippen LogP contribution in [0.5, 0.6) is 5.75 Å². The number of aryl methyl sites for hydroxylation is 1. The van der Waals surface area contributed by atoms with Crippen molar-refractivity contribution in [3.05, 3.63) is 89.4 Å². The monoisotopic (exact) mass is 489 g/mol. The summed E-state index contributed by atoms with van der Waals surface area (Å²) in [6.07, 6.45) is 2.72. The Morgan fingerprint density at radius 2 is 1.78 bits per heavy atom. The number of carbonyl (C=O) groups excluding carboxylic acids is 3. The molecule has 1 aromatic heterocycles. The summed E-state index contributed by atoms with van der Waals surface area (Å²) in [6.45, 7) is 3.16. The predicted octanol–water partition coefficient (Wildman–Crippen LogP) is 3.56. The highest BCUT2D eigenvalue weighted by atomic mass is 16.5. The van der Waals surface area contributed by atoms with Gasteiger partial charge in [0.05, 0.1) is 19.9 Å². The average Bonchev–Trinajstić information content (AvgIpc) is 3.44. The van der Waals surface area contributed by atoms with Crippen LogP contribution in [0, 0.1) is 12.8 Å². The minimum absolute atomic E-state index is 0.0742. The van der Waals surface area contributed by atoms with E-state index in [2.05, 4.69) is 10.6 Å². The number of amides is 3. The van der Waals surface area contributed by atoms with Gasteiger partial charge in [-0.05, 0) is 68.1 Å². The van der Waals surface area contributed by atoms with Crippen LogP contribution in [0.3, 0.4) is 0 Å². The normalized spacial score (nSPS) is 14.7. The lowest BCUT2D eigenvalue weighted by molar-refractivity contribution is -0.124. The summed E-state index contributed by atoms with van der Waals surface area (Å²) in [5.41, 5.74) is 2.11. The van der Waals surface area contributed by atoms with Crippen molar-refractivity contribution in [3.63, 3.8) is 0 Å². The van der Waals surface area contributed by atoms with E-state index < -0.39 is 6.04 Å². The van der Waals surface area contributed by atoms with Crippen LogP contribution in [0.25, 0.3) is 0 Å². The molecule has 0 spiro atoms. The number of rotatable bonds is 8. The fraction of sp³-hybridized carbons (Fsp3) is 0.321. The Hall–Kier alpha value is -4.07. The zero-order valence-corrected chi connectivity index (χ0v) is 20.5. The first-order valence-corrected chi connectivity index (χ1v) is 12.1. The summed E-state index contributed by atoms with van der Waals surface area (Å²) in [7, 11) is 1.57. The number of hydrogen-bond acceptors (Lipinski definition) is 5. The third-order valence-corrected chi connectivity index (χ3v) is 6.51. The van der Waals surface area contributed by atoms with Crippen molar-refractivity contribution in [1.29, 1.82) is 0 Å². The number of hydrogen-bond donors (Lipinski definition) is 2. The second kappa shape index (κ2) is 11.6. The van der Waals surface area contributed by atoms with Crippen LogP contribution in [-0.2, 0) is 11.3 Å². The number of nitrogens with one attached hydrogen (secondary N) is 2. The lowest BCUT2D eigenvalue weighted by atomic mass is 9.88. The first-order valence-electron chi connectivity index (χ1n) is 12.1. The van der Waals surface area contributed by atoms with Crippen LogP contribution in [0.1, 0.15) is 44.9 Å². The van der Waals surface area contributed by atoms with E-state index in [9.17, 15) is 14.4 Å². The molecule has 8 nitrogen and oxygen atoms in total. The van der Waals surface area contributed by atoms with Crippen molar-refractivity contribution in [1.82, 2.24) is 15.5 Å². The van der Waals surface area contributed by atoms with E-state index in [1.54, 1.807) is 66.8 Å². The molecule has 0 aliphatic carbocycles. The molecule has 2 N–H and O–H groups in total. The second-order valence-electron chi connectivity index (χ2n) is 8.98. The van der Waals surface area contributed by atoms with Crippen molar-refractivity contribution in [2.75, 3.05) is 20.2 Å². The van der Waals surface area contributed by atoms with Gasteiger partial charge in [0.15, 0.2) is 0 Å². The molecule has 0 unspecified atom stereocenters. The van der Waals surface area contributed by atoms with Crippen molar-refractivity contribution in [2.24, 2.45) is 5.92 Å². The molecular weight excluding hydrogens is 458 g/mol. The maximum atomic E-state index is 13.2. The van der Waals surface area contributed by atoms with Gasteiger partial charge >= 0.3 is 0 Å². The first kappa shape index (κ1) is 25.0. The fourth-order valence-electron chi connectivity index (χ4n) is 4.40. The molecule has 4 rings (SSSR count). The van der Waals surface area contributed by atoms with E-state index in [1.807, 2.05) is 19.1 Å². The van der Waals surface area contributed by atoms with E-state index in [0.29, 0.717) is 48.6 Å². The topological polar surface area (TPSA) is 101 Å². The molecule has 1 fully saturated rings. The minimum atomic E-state index is -0.733. The van der Waals surface area contributed by atoms with Crippen LogP contribution in [-0.4, -0.2) is 48.9 Å². The lowest BCUT2D eigenvalue weighted by Crippen LogP contribution is -2.53. The van der Waals surface area contributed by atoms with Gasteiger partial charge < -0.3 is 24.7 Å². The highest BCUT2D eigenvalue weighted by molar-refractivity contribution is 5.98. The number of methoxy groups -OCH3 is 1. The van der Waals surface area contributed by atoms with Crippen molar-refractivity contribution in [3.8, 4) is 5.75 Å². The maximum Gasteiger partial charge on any atom is 0.253 e. The first-order chi connectivity index (χ1) is 17.4. The number of piperidine rings is 1. The van der Waals surface area contributed by atoms with E-state index in [0.717, 1.165) is 5.56 Å². The standard InChI is InChI=1S/C28H31N3O5/c1-19-8-10-21(11-9-19)26(32)30-25(27(33)29-18-24-7-4-16-36-24)20-12-14-31(15-13-20)28(34)22-5-3-6-23(17-22)35-2/h3-11,16-17,20,25H,12-15,18H2,1-2H3,(H,29,33)(H,30,32)/t25-/m1/s1. The Morgan fingerprint density at radius 3 is 2.44 bits per heavy atom. The molecule has 3 amide bonds. The molecule has 2 aromatic carbocycles. The number of furan rings is 1. The summed E-state index contributed by atoms with van der Waals surface area (Å²) in [4.78, 5) is 41.0. The van der Waals surface area contributed by atoms with E-state index >= 15 is 0 Å².